The summed E-state index contributed by atoms with van der Waals surface area (Å²) in [7, 11) is 0. The molecular formula is C16H22N2. The van der Waals surface area contributed by atoms with Crippen molar-refractivity contribution in [3.63, 3.8) is 0 Å². The molecule has 96 valence electrons. The Morgan fingerprint density at radius 1 is 1.17 bits per heavy atom. The zero-order valence-corrected chi connectivity index (χ0v) is 10.9. The summed E-state index contributed by atoms with van der Waals surface area (Å²) >= 11 is 0. The van der Waals surface area contributed by atoms with Gasteiger partial charge in [0.15, 0.2) is 0 Å². The molecule has 0 spiro atoms. The van der Waals surface area contributed by atoms with E-state index in [-0.39, 0.29) is 0 Å². The molecule has 0 aromatic heterocycles. The number of hydrogen-bond donors (Lipinski definition) is 1. The van der Waals surface area contributed by atoms with Crippen molar-refractivity contribution < 1.29 is 0 Å². The molecule has 2 aliphatic heterocycles. The highest BCUT2D eigenvalue weighted by Gasteiger charge is 2.27. The van der Waals surface area contributed by atoms with E-state index >= 15 is 0 Å². The van der Waals surface area contributed by atoms with Crippen LogP contribution in [-0.4, -0.2) is 37.6 Å². The van der Waals surface area contributed by atoms with Gasteiger partial charge >= 0.3 is 0 Å². The van der Waals surface area contributed by atoms with Crippen molar-refractivity contribution in [1.29, 1.82) is 0 Å². The number of likely N-dealkylation sites (tertiary alicyclic amines) is 1. The summed E-state index contributed by atoms with van der Waals surface area (Å²) in [5.41, 5.74) is 3.16. The zero-order valence-electron chi connectivity index (χ0n) is 10.9. The summed E-state index contributed by atoms with van der Waals surface area (Å²) in [4.78, 5) is 2.58. The number of nitrogens with one attached hydrogen (secondary N) is 1. The maximum atomic E-state index is 3.37. The molecule has 1 fully saturated rings. The lowest BCUT2D eigenvalue weighted by atomic mass is 9.91. The average Bonchev–Trinajstić information content (AvgIpc) is 2.39. The van der Waals surface area contributed by atoms with Crippen molar-refractivity contribution in [3.05, 3.63) is 47.5 Å². The fraction of sp³-hybridized carbons (Fsp3) is 0.500. The Hall–Kier alpha value is -1.12. The minimum absolute atomic E-state index is 0.771. The van der Waals surface area contributed by atoms with Crippen molar-refractivity contribution in [1.82, 2.24) is 10.2 Å². The Balaban J connectivity index is 1.41. The smallest absolute Gasteiger partial charge is 0.0137 e. The summed E-state index contributed by atoms with van der Waals surface area (Å²) in [5.74, 6) is 0.771. The third kappa shape index (κ3) is 2.82. The predicted molar refractivity (Wildman–Crippen MR) is 75.8 cm³/mol. The van der Waals surface area contributed by atoms with Crippen LogP contribution in [0.1, 0.15) is 24.3 Å². The molecule has 0 radical (unpaired) electrons. The van der Waals surface area contributed by atoms with Crippen LogP contribution in [0, 0.1) is 0 Å². The fourth-order valence-electron chi connectivity index (χ4n) is 2.89. The quantitative estimate of drug-likeness (QED) is 0.816. The molecule has 3 rings (SSSR count). The van der Waals surface area contributed by atoms with Gasteiger partial charge in [0.2, 0.25) is 0 Å². The third-order valence-electron chi connectivity index (χ3n) is 4.14. The van der Waals surface area contributed by atoms with Gasteiger partial charge < -0.3 is 10.2 Å². The van der Waals surface area contributed by atoms with Gasteiger partial charge in [-0.2, -0.15) is 0 Å². The van der Waals surface area contributed by atoms with Gasteiger partial charge in [-0.1, -0.05) is 42.0 Å². The van der Waals surface area contributed by atoms with Gasteiger partial charge in [-0.15, -0.1) is 0 Å². The normalized spacial score (nSPS) is 21.4. The first kappa shape index (κ1) is 11.9. The first-order valence-corrected chi connectivity index (χ1v) is 7.08. The standard InChI is InChI=1S/C16H22N2/c1-2-4-15(5-3-1)16-12-18(13-16)11-8-14-6-9-17-10-7-14/h1-6,16-17H,7-13H2. The highest BCUT2D eigenvalue weighted by atomic mass is 15.2. The van der Waals surface area contributed by atoms with Crippen LogP contribution in [0.4, 0.5) is 0 Å². The lowest BCUT2D eigenvalue weighted by Crippen LogP contribution is -2.45. The van der Waals surface area contributed by atoms with Gasteiger partial charge in [0.25, 0.3) is 0 Å². The molecule has 2 nitrogen and oxygen atoms in total. The third-order valence-corrected chi connectivity index (χ3v) is 4.14. The minimum Gasteiger partial charge on any atom is -0.313 e. The van der Waals surface area contributed by atoms with Crippen molar-refractivity contribution in [2.75, 3.05) is 32.7 Å². The molecule has 0 bridgehead atoms. The van der Waals surface area contributed by atoms with Gasteiger partial charge in [-0.3, -0.25) is 0 Å². The second-order valence-electron chi connectivity index (χ2n) is 5.43. The van der Waals surface area contributed by atoms with E-state index < -0.39 is 0 Å². The maximum absolute atomic E-state index is 3.37. The molecule has 0 aliphatic carbocycles. The molecule has 18 heavy (non-hydrogen) atoms. The van der Waals surface area contributed by atoms with Crippen molar-refractivity contribution >= 4 is 0 Å². The summed E-state index contributed by atoms with van der Waals surface area (Å²) < 4.78 is 0. The van der Waals surface area contributed by atoms with E-state index in [1.54, 1.807) is 5.57 Å². The molecule has 2 aliphatic rings. The second-order valence-corrected chi connectivity index (χ2v) is 5.43. The van der Waals surface area contributed by atoms with Gasteiger partial charge in [0, 0.05) is 32.1 Å². The molecule has 0 saturated carbocycles. The number of hydrogen-bond acceptors (Lipinski definition) is 2. The topological polar surface area (TPSA) is 15.3 Å². The predicted octanol–water partition coefficient (Wildman–Crippen LogP) is 2.40. The van der Waals surface area contributed by atoms with Gasteiger partial charge in [-0.05, 0) is 24.9 Å². The van der Waals surface area contributed by atoms with E-state index in [0.717, 1.165) is 12.5 Å². The van der Waals surface area contributed by atoms with Crippen molar-refractivity contribution in [2.45, 2.75) is 18.8 Å². The highest BCUT2D eigenvalue weighted by Crippen LogP contribution is 2.27. The molecule has 0 atom stereocenters. The monoisotopic (exact) mass is 242 g/mol. The summed E-state index contributed by atoms with van der Waals surface area (Å²) in [6, 6.07) is 10.9. The van der Waals surface area contributed by atoms with Gasteiger partial charge in [-0.25, -0.2) is 0 Å². The molecule has 1 N–H and O–H groups in total. The first-order chi connectivity index (χ1) is 8.92. The van der Waals surface area contributed by atoms with Crippen LogP contribution in [0.25, 0.3) is 0 Å². The second kappa shape index (κ2) is 5.68. The first-order valence-electron chi connectivity index (χ1n) is 7.08. The van der Waals surface area contributed by atoms with Crippen LogP contribution in [0.5, 0.6) is 0 Å². The van der Waals surface area contributed by atoms with Crippen molar-refractivity contribution in [3.8, 4) is 0 Å². The molecule has 1 aromatic rings. The molecule has 0 unspecified atom stereocenters. The number of nitrogens with zero attached hydrogens (tertiary/aromatic N) is 1. The number of rotatable bonds is 4. The Labute approximate surface area is 110 Å². The summed E-state index contributed by atoms with van der Waals surface area (Å²) in [5, 5.41) is 3.37. The maximum Gasteiger partial charge on any atom is 0.0137 e. The van der Waals surface area contributed by atoms with Crippen LogP contribution < -0.4 is 5.32 Å². The van der Waals surface area contributed by atoms with Crippen LogP contribution >= 0.6 is 0 Å². The van der Waals surface area contributed by atoms with Crippen LogP contribution in [0.3, 0.4) is 0 Å². The van der Waals surface area contributed by atoms with Gasteiger partial charge in [0.1, 0.15) is 0 Å². The SMILES string of the molecule is C1=C(CCN2CC(c3ccccc3)C2)CCNC1. The molecule has 2 heterocycles. The largest absolute Gasteiger partial charge is 0.313 e. The Bertz CT molecular complexity index is 404. The van der Waals surface area contributed by atoms with E-state index in [0.29, 0.717) is 0 Å². The highest BCUT2D eigenvalue weighted by molar-refractivity contribution is 5.22. The lowest BCUT2D eigenvalue weighted by molar-refractivity contribution is 0.150. The molecule has 1 saturated heterocycles. The molecule has 1 aromatic carbocycles. The Morgan fingerprint density at radius 3 is 2.72 bits per heavy atom. The molecular weight excluding hydrogens is 220 g/mol. The van der Waals surface area contributed by atoms with E-state index in [1.807, 2.05) is 0 Å². The van der Waals surface area contributed by atoms with E-state index in [1.165, 1.54) is 44.6 Å². The molecule has 2 heteroatoms. The fourth-order valence-corrected chi connectivity index (χ4v) is 2.89. The summed E-state index contributed by atoms with van der Waals surface area (Å²) in [6.07, 6.45) is 4.89. The van der Waals surface area contributed by atoms with E-state index in [9.17, 15) is 0 Å². The molecule has 0 amide bonds. The Morgan fingerprint density at radius 2 is 2.00 bits per heavy atom. The number of benzene rings is 1. The summed E-state index contributed by atoms with van der Waals surface area (Å²) in [6.45, 7) is 5.97. The van der Waals surface area contributed by atoms with Crippen LogP contribution in [0.15, 0.2) is 42.0 Å². The lowest BCUT2D eigenvalue weighted by Gasteiger charge is -2.40. The van der Waals surface area contributed by atoms with Gasteiger partial charge in [0.05, 0.1) is 0 Å². The van der Waals surface area contributed by atoms with E-state index in [4.69, 9.17) is 0 Å². The Kier molecular flexibility index (Phi) is 3.77. The average molecular weight is 242 g/mol. The van der Waals surface area contributed by atoms with E-state index in [2.05, 4.69) is 46.6 Å². The minimum atomic E-state index is 0.771. The zero-order chi connectivity index (χ0) is 12.2. The van der Waals surface area contributed by atoms with Crippen LogP contribution in [-0.2, 0) is 0 Å². The van der Waals surface area contributed by atoms with Crippen molar-refractivity contribution in [2.24, 2.45) is 0 Å². The van der Waals surface area contributed by atoms with Crippen LogP contribution in [0.2, 0.25) is 0 Å².